The Labute approximate surface area is 184 Å². The van der Waals surface area contributed by atoms with Crippen molar-refractivity contribution in [3.05, 3.63) is 35.9 Å². The first-order chi connectivity index (χ1) is 15.0. The molecule has 2 aliphatic rings. The van der Waals surface area contributed by atoms with E-state index >= 15 is 0 Å². The maximum atomic E-state index is 12.6. The number of aliphatic carboxylic acids is 1. The minimum Gasteiger partial charge on any atom is -0.481 e. The van der Waals surface area contributed by atoms with Crippen LogP contribution in [-0.4, -0.2) is 23.0 Å². The third-order valence-corrected chi connectivity index (χ3v) is 6.88. The molecule has 0 aliphatic heterocycles. The lowest BCUT2D eigenvalue weighted by molar-refractivity contribution is -0.137. The molecule has 1 atom stereocenters. The molecule has 3 amide bonds. The van der Waals surface area contributed by atoms with Crippen LogP contribution in [0.4, 0.5) is 4.79 Å². The molecule has 1 aromatic rings. The maximum Gasteiger partial charge on any atom is 0.333 e. The van der Waals surface area contributed by atoms with Gasteiger partial charge in [0.25, 0.3) is 0 Å². The summed E-state index contributed by atoms with van der Waals surface area (Å²) in [5.41, 5.74) is 5.63. The Morgan fingerprint density at radius 2 is 1.42 bits per heavy atom. The van der Waals surface area contributed by atoms with Crippen LogP contribution in [0.25, 0.3) is 0 Å². The van der Waals surface area contributed by atoms with Gasteiger partial charge >= 0.3 is 12.0 Å². The van der Waals surface area contributed by atoms with E-state index in [1.807, 2.05) is 6.07 Å². The first-order valence-corrected chi connectivity index (χ1v) is 11.7. The van der Waals surface area contributed by atoms with Gasteiger partial charge in [-0.2, -0.15) is 0 Å². The van der Waals surface area contributed by atoms with Crippen molar-refractivity contribution in [3.63, 3.8) is 0 Å². The zero-order chi connectivity index (χ0) is 22.1. The van der Waals surface area contributed by atoms with Crippen LogP contribution < -0.4 is 16.2 Å². The van der Waals surface area contributed by atoms with Crippen molar-refractivity contribution >= 4 is 17.9 Å². The van der Waals surface area contributed by atoms with Crippen molar-refractivity contribution in [2.45, 2.75) is 76.7 Å². The molecule has 2 saturated carbocycles. The highest BCUT2D eigenvalue weighted by molar-refractivity contribution is 5.83. The van der Waals surface area contributed by atoms with Gasteiger partial charge in [-0.05, 0) is 30.2 Å². The number of hydrogen-bond acceptors (Lipinski definition) is 3. The lowest BCUT2D eigenvalue weighted by Gasteiger charge is -2.28. The molecular formula is C24H35N3O4. The fourth-order valence-electron chi connectivity index (χ4n) is 5.23. The van der Waals surface area contributed by atoms with Crippen LogP contribution in [0.5, 0.6) is 0 Å². The highest BCUT2D eigenvalue weighted by Crippen LogP contribution is 2.38. The van der Waals surface area contributed by atoms with E-state index in [-0.39, 0.29) is 18.2 Å². The van der Waals surface area contributed by atoms with E-state index in [1.54, 1.807) is 24.3 Å². The second kappa shape index (κ2) is 11.7. The summed E-state index contributed by atoms with van der Waals surface area (Å²) in [6.07, 6.45) is 11.5. The van der Waals surface area contributed by atoms with Gasteiger partial charge < -0.3 is 10.4 Å². The number of urea groups is 1. The molecule has 4 N–H and O–H groups in total. The highest BCUT2D eigenvalue weighted by atomic mass is 16.4. The Bertz CT molecular complexity index is 724. The quantitative estimate of drug-likeness (QED) is 0.505. The SMILES string of the molecule is O=C(O)CC(NC(=O)NNC(=O)C1CCCC(C2CCCC2)CCC1)c1ccccc1. The Kier molecular flexibility index (Phi) is 8.74. The van der Waals surface area contributed by atoms with Crippen molar-refractivity contribution in [2.24, 2.45) is 17.8 Å². The van der Waals surface area contributed by atoms with Crippen molar-refractivity contribution in [1.82, 2.24) is 16.2 Å². The van der Waals surface area contributed by atoms with Gasteiger partial charge in [-0.3, -0.25) is 15.0 Å². The van der Waals surface area contributed by atoms with E-state index in [1.165, 1.54) is 38.5 Å². The fourth-order valence-corrected chi connectivity index (χ4v) is 5.23. The van der Waals surface area contributed by atoms with E-state index in [9.17, 15) is 14.4 Å². The molecule has 170 valence electrons. The summed E-state index contributed by atoms with van der Waals surface area (Å²) in [4.78, 5) is 36.0. The van der Waals surface area contributed by atoms with Gasteiger partial charge in [-0.1, -0.05) is 81.7 Å². The van der Waals surface area contributed by atoms with Gasteiger partial charge in [-0.15, -0.1) is 0 Å². The molecule has 7 nitrogen and oxygen atoms in total. The average molecular weight is 430 g/mol. The number of nitrogens with one attached hydrogen (secondary N) is 3. The zero-order valence-corrected chi connectivity index (χ0v) is 18.1. The number of benzene rings is 1. The van der Waals surface area contributed by atoms with Crippen LogP contribution in [0, 0.1) is 17.8 Å². The van der Waals surface area contributed by atoms with Crippen LogP contribution in [0.3, 0.4) is 0 Å². The van der Waals surface area contributed by atoms with E-state index in [0.717, 1.165) is 37.5 Å². The number of carbonyl (C=O) groups is 3. The largest absolute Gasteiger partial charge is 0.481 e. The van der Waals surface area contributed by atoms with Crippen LogP contribution in [-0.2, 0) is 9.59 Å². The first-order valence-electron chi connectivity index (χ1n) is 11.7. The summed E-state index contributed by atoms with van der Waals surface area (Å²) in [6.45, 7) is 0. The molecule has 31 heavy (non-hydrogen) atoms. The number of carboxylic acid groups (broad SMARTS) is 1. The molecule has 0 aromatic heterocycles. The van der Waals surface area contributed by atoms with Crippen LogP contribution >= 0.6 is 0 Å². The van der Waals surface area contributed by atoms with Crippen molar-refractivity contribution in [3.8, 4) is 0 Å². The van der Waals surface area contributed by atoms with Gasteiger partial charge in [0.1, 0.15) is 0 Å². The second-order valence-corrected chi connectivity index (χ2v) is 9.01. The molecule has 3 rings (SSSR count). The van der Waals surface area contributed by atoms with E-state index < -0.39 is 18.0 Å². The molecule has 2 aliphatic carbocycles. The lowest BCUT2D eigenvalue weighted by Crippen LogP contribution is -2.49. The number of hydrogen-bond donors (Lipinski definition) is 4. The summed E-state index contributed by atoms with van der Waals surface area (Å²) in [6, 6.07) is 7.64. The number of hydrazine groups is 1. The maximum absolute atomic E-state index is 12.6. The highest BCUT2D eigenvalue weighted by Gasteiger charge is 2.28. The number of carboxylic acids is 1. The fraction of sp³-hybridized carbons (Fsp3) is 0.625. The van der Waals surface area contributed by atoms with E-state index in [0.29, 0.717) is 5.56 Å². The minimum absolute atomic E-state index is 0.0891. The number of rotatable bonds is 6. The summed E-state index contributed by atoms with van der Waals surface area (Å²) in [5, 5.41) is 11.8. The molecule has 0 radical (unpaired) electrons. The number of carbonyl (C=O) groups excluding carboxylic acids is 2. The van der Waals surface area contributed by atoms with Gasteiger partial charge in [0.2, 0.25) is 5.91 Å². The smallest absolute Gasteiger partial charge is 0.333 e. The summed E-state index contributed by atoms with van der Waals surface area (Å²) in [7, 11) is 0. The molecule has 0 heterocycles. The summed E-state index contributed by atoms with van der Waals surface area (Å²) in [5.74, 6) is 0.444. The van der Waals surface area contributed by atoms with E-state index in [2.05, 4.69) is 16.2 Å². The van der Waals surface area contributed by atoms with Crippen molar-refractivity contribution in [2.75, 3.05) is 0 Å². The van der Waals surface area contributed by atoms with Crippen LogP contribution in [0.2, 0.25) is 0 Å². The monoisotopic (exact) mass is 429 g/mol. The molecule has 0 bridgehead atoms. The zero-order valence-electron chi connectivity index (χ0n) is 18.1. The molecule has 0 saturated heterocycles. The third-order valence-electron chi connectivity index (χ3n) is 6.88. The van der Waals surface area contributed by atoms with Crippen molar-refractivity contribution < 1.29 is 19.5 Å². The molecular weight excluding hydrogens is 394 g/mol. The minimum atomic E-state index is -1.01. The number of amides is 3. The van der Waals surface area contributed by atoms with Crippen LogP contribution in [0.15, 0.2) is 30.3 Å². The normalized spacial score (nSPS) is 23.2. The Balaban J connectivity index is 1.43. The average Bonchev–Trinajstić information content (AvgIpc) is 3.26. The first kappa shape index (κ1) is 23.1. The lowest BCUT2D eigenvalue weighted by atomic mass is 9.78. The van der Waals surface area contributed by atoms with Crippen LogP contribution in [0.1, 0.15) is 82.2 Å². The standard InChI is InChI=1S/C24H35N3O4/c28-22(29)16-21(19-10-2-1-3-11-19)25-24(31)27-26-23(30)20-14-6-12-18(13-7-15-20)17-8-4-5-9-17/h1-3,10-11,17-18,20-21H,4-9,12-16H2,(H,26,30)(H,28,29)(H2,25,27,31). The Morgan fingerprint density at radius 3 is 2.00 bits per heavy atom. The molecule has 1 aromatic carbocycles. The van der Waals surface area contributed by atoms with Gasteiger partial charge in [0, 0.05) is 5.92 Å². The van der Waals surface area contributed by atoms with Gasteiger partial charge in [0.05, 0.1) is 12.5 Å². The summed E-state index contributed by atoms with van der Waals surface area (Å²) < 4.78 is 0. The van der Waals surface area contributed by atoms with Gasteiger partial charge in [0.15, 0.2) is 0 Å². The van der Waals surface area contributed by atoms with Gasteiger partial charge in [-0.25, -0.2) is 10.2 Å². The predicted molar refractivity (Wildman–Crippen MR) is 118 cm³/mol. The Morgan fingerprint density at radius 1 is 0.839 bits per heavy atom. The van der Waals surface area contributed by atoms with Crippen molar-refractivity contribution in [1.29, 1.82) is 0 Å². The second-order valence-electron chi connectivity index (χ2n) is 9.01. The topological polar surface area (TPSA) is 108 Å². The molecule has 2 fully saturated rings. The molecule has 7 heteroatoms. The molecule has 0 spiro atoms. The Hall–Kier alpha value is -2.57. The molecule has 1 unspecified atom stereocenters. The summed E-state index contributed by atoms with van der Waals surface area (Å²) >= 11 is 0. The third kappa shape index (κ3) is 7.26. The predicted octanol–water partition coefficient (Wildman–Crippen LogP) is 4.31. The van der Waals surface area contributed by atoms with E-state index in [4.69, 9.17) is 5.11 Å².